The van der Waals surface area contributed by atoms with E-state index in [1.165, 1.54) is 0 Å². The number of imidazole rings is 1. The monoisotopic (exact) mass is 478 g/mol. The quantitative estimate of drug-likeness (QED) is 0.348. The topological polar surface area (TPSA) is 57.0 Å². The van der Waals surface area contributed by atoms with Crippen molar-refractivity contribution >= 4 is 46.2 Å². The highest BCUT2D eigenvalue weighted by Crippen LogP contribution is 2.11. The van der Waals surface area contributed by atoms with Gasteiger partial charge in [-0.05, 0) is 34.6 Å². The maximum absolute atomic E-state index is 4.65. The van der Waals surface area contributed by atoms with E-state index in [-0.39, 0.29) is 24.0 Å². The Bertz CT molecular complexity index is 612. The molecule has 0 spiro atoms. The van der Waals surface area contributed by atoms with Crippen LogP contribution in [0.5, 0.6) is 0 Å². The minimum atomic E-state index is 0. The van der Waals surface area contributed by atoms with Gasteiger partial charge in [-0.3, -0.25) is 9.30 Å². The Labute approximate surface area is 172 Å². The fraction of sp³-hybridized carbons (Fsp3) is 0.647. The summed E-state index contributed by atoms with van der Waals surface area (Å²) in [5, 5.41) is 8.76. The highest BCUT2D eigenvalue weighted by atomic mass is 127. The lowest BCUT2D eigenvalue weighted by Crippen LogP contribution is -2.45. The summed E-state index contributed by atoms with van der Waals surface area (Å²) in [6, 6.07) is 1.09. The first-order chi connectivity index (χ1) is 11.5. The van der Waals surface area contributed by atoms with Gasteiger partial charge < -0.3 is 10.6 Å². The second-order valence-corrected chi connectivity index (χ2v) is 7.25. The molecule has 0 saturated heterocycles. The summed E-state index contributed by atoms with van der Waals surface area (Å²) in [5.41, 5.74) is 0.991. The van der Waals surface area contributed by atoms with E-state index in [1.807, 2.05) is 22.2 Å². The average molecular weight is 478 g/mol. The molecule has 0 saturated carbocycles. The van der Waals surface area contributed by atoms with Gasteiger partial charge in [0.25, 0.3) is 0 Å². The van der Waals surface area contributed by atoms with Crippen molar-refractivity contribution in [3.05, 3.63) is 23.5 Å². The van der Waals surface area contributed by atoms with Gasteiger partial charge in [0, 0.05) is 49.5 Å². The zero-order valence-corrected chi connectivity index (χ0v) is 19.0. The molecule has 6 nitrogen and oxygen atoms in total. The van der Waals surface area contributed by atoms with Gasteiger partial charge in [0.05, 0.1) is 12.2 Å². The Morgan fingerprint density at radius 2 is 2.00 bits per heavy atom. The van der Waals surface area contributed by atoms with Crippen LogP contribution in [-0.2, 0) is 6.54 Å². The van der Waals surface area contributed by atoms with Crippen molar-refractivity contribution in [3.8, 4) is 0 Å². The Morgan fingerprint density at radius 3 is 2.60 bits per heavy atom. The lowest BCUT2D eigenvalue weighted by atomic mass is 10.2. The zero-order valence-electron chi connectivity index (χ0n) is 15.8. The molecule has 0 aliphatic carbocycles. The van der Waals surface area contributed by atoms with E-state index in [4.69, 9.17) is 0 Å². The molecule has 2 rings (SSSR count). The Morgan fingerprint density at radius 1 is 1.28 bits per heavy atom. The fourth-order valence-electron chi connectivity index (χ4n) is 2.77. The number of thiazole rings is 1. The summed E-state index contributed by atoms with van der Waals surface area (Å²) in [5.74, 6) is 0.848. The summed E-state index contributed by atoms with van der Waals surface area (Å²) in [4.78, 5) is 12.7. The Balaban J connectivity index is 0.00000312. The average Bonchev–Trinajstić information content (AvgIpc) is 3.09. The zero-order chi connectivity index (χ0) is 17.5. The molecule has 0 unspecified atom stereocenters. The number of nitrogens with one attached hydrogen (secondary N) is 2. The number of nitrogens with zero attached hydrogens (tertiary/aromatic N) is 4. The molecule has 2 aromatic heterocycles. The maximum Gasteiger partial charge on any atom is 0.193 e. The van der Waals surface area contributed by atoms with Gasteiger partial charge in [0.2, 0.25) is 0 Å². The Kier molecular flexibility index (Phi) is 9.73. The van der Waals surface area contributed by atoms with Crippen molar-refractivity contribution in [1.29, 1.82) is 0 Å². The minimum absolute atomic E-state index is 0. The first kappa shape index (κ1) is 22.2. The molecule has 0 atom stereocenters. The molecular weight excluding hydrogens is 447 g/mol. The van der Waals surface area contributed by atoms with Crippen LogP contribution in [0.4, 0.5) is 0 Å². The van der Waals surface area contributed by atoms with Crippen molar-refractivity contribution in [1.82, 2.24) is 24.9 Å². The van der Waals surface area contributed by atoms with Crippen LogP contribution in [0.25, 0.3) is 4.96 Å². The van der Waals surface area contributed by atoms with Gasteiger partial charge in [-0.15, -0.1) is 35.3 Å². The molecule has 0 aliphatic rings. The van der Waals surface area contributed by atoms with Gasteiger partial charge in [0.1, 0.15) is 0 Å². The van der Waals surface area contributed by atoms with E-state index in [0.717, 1.165) is 36.2 Å². The van der Waals surface area contributed by atoms with Gasteiger partial charge in [-0.2, -0.15) is 0 Å². The van der Waals surface area contributed by atoms with E-state index >= 15 is 0 Å². The van der Waals surface area contributed by atoms with Crippen molar-refractivity contribution in [2.24, 2.45) is 4.99 Å². The minimum Gasteiger partial charge on any atom is -0.357 e. The second kappa shape index (κ2) is 11.0. The first-order valence-electron chi connectivity index (χ1n) is 8.70. The Hall–Kier alpha value is -0.870. The van der Waals surface area contributed by atoms with Crippen LogP contribution >= 0.6 is 35.3 Å². The summed E-state index contributed by atoms with van der Waals surface area (Å²) in [7, 11) is 0. The normalized spacial score (nSPS) is 12.2. The van der Waals surface area contributed by atoms with Crippen molar-refractivity contribution in [2.75, 3.05) is 19.6 Å². The first-order valence-corrected chi connectivity index (χ1v) is 9.58. The summed E-state index contributed by atoms with van der Waals surface area (Å²) < 4.78 is 2.04. The number of fused-ring (bicyclic) bond motifs is 1. The molecule has 0 radical (unpaired) electrons. The number of aliphatic imine (C=N–C) groups is 1. The fourth-order valence-corrected chi connectivity index (χ4v) is 3.49. The third kappa shape index (κ3) is 6.74. The van der Waals surface area contributed by atoms with Gasteiger partial charge in [0.15, 0.2) is 10.9 Å². The third-order valence-corrected chi connectivity index (χ3v) is 4.65. The van der Waals surface area contributed by atoms with Crippen LogP contribution in [0.3, 0.4) is 0 Å². The van der Waals surface area contributed by atoms with Crippen LogP contribution in [0.15, 0.2) is 22.8 Å². The van der Waals surface area contributed by atoms with E-state index in [9.17, 15) is 0 Å². The molecule has 142 valence electrons. The van der Waals surface area contributed by atoms with Crippen molar-refractivity contribution in [3.63, 3.8) is 0 Å². The standard InChI is InChI=1S/C17H30N6S.HI/c1-6-18-16(19-7-8-23(13(2)3)14(4)5)20-11-15-12-22-9-10-24-17(22)21-15;/h9-10,12-14H,6-8,11H2,1-5H3,(H2,18,19,20);1H. The van der Waals surface area contributed by atoms with E-state index in [1.54, 1.807) is 11.3 Å². The third-order valence-electron chi connectivity index (χ3n) is 3.88. The van der Waals surface area contributed by atoms with Crippen LogP contribution in [0.2, 0.25) is 0 Å². The molecule has 0 amide bonds. The summed E-state index contributed by atoms with van der Waals surface area (Å²) in [6.07, 6.45) is 4.06. The second-order valence-electron chi connectivity index (χ2n) is 6.37. The highest BCUT2D eigenvalue weighted by molar-refractivity contribution is 14.0. The lowest BCUT2D eigenvalue weighted by molar-refractivity contribution is 0.178. The van der Waals surface area contributed by atoms with Gasteiger partial charge in [-0.1, -0.05) is 0 Å². The molecule has 0 aliphatic heterocycles. The molecule has 8 heteroatoms. The number of rotatable bonds is 8. The number of guanidine groups is 1. The summed E-state index contributed by atoms with van der Waals surface area (Å²) in [6.45, 7) is 14.4. The SMILES string of the molecule is CCNC(=NCc1cn2ccsc2n1)NCCN(C(C)C)C(C)C.I. The van der Waals surface area contributed by atoms with Crippen LogP contribution in [0.1, 0.15) is 40.3 Å². The molecule has 2 heterocycles. The van der Waals surface area contributed by atoms with Crippen LogP contribution in [0, 0.1) is 0 Å². The largest absolute Gasteiger partial charge is 0.357 e. The summed E-state index contributed by atoms with van der Waals surface area (Å²) >= 11 is 1.64. The smallest absolute Gasteiger partial charge is 0.193 e. The van der Waals surface area contributed by atoms with Crippen LogP contribution < -0.4 is 10.6 Å². The number of hydrogen-bond acceptors (Lipinski definition) is 4. The maximum atomic E-state index is 4.65. The number of halogens is 1. The number of hydrogen-bond donors (Lipinski definition) is 2. The predicted octanol–water partition coefficient (Wildman–Crippen LogP) is 3.19. The lowest BCUT2D eigenvalue weighted by Gasteiger charge is -2.30. The van der Waals surface area contributed by atoms with E-state index < -0.39 is 0 Å². The van der Waals surface area contributed by atoms with Gasteiger partial charge in [-0.25, -0.2) is 9.98 Å². The molecule has 0 bridgehead atoms. The van der Waals surface area contributed by atoms with Crippen LogP contribution in [-0.4, -0.2) is 52.0 Å². The van der Waals surface area contributed by atoms with E-state index in [0.29, 0.717) is 18.6 Å². The van der Waals surface area contributed by atoms with Crippen molar-refractivity contribution < 1.29 is 0 Å². The van der Waals surface area contributed by atoms with E-state index in [2.05, 4.69) is 60.1 Å². The van der Waals surface area contributed by atoms with Gasteiger partial charge >= 0.3 is 0 Å². The predicted molar refractivity (Wildman–Crippen MR) is 118 cm³/mol. The molecule has 0 aromatic carbocycles. The molecular formula is C17H31IN6S. The molecule has 25 heavy (non-hydrogen) atoms. The molecule has 0 fully saturated rings. The van der Waals surface area contributed by atoms with Crippen molar-refractivity contribution in [2.45, 2.75) is 53.2 Å². The highest BCUT2D eigenvalue weighted by Gasteiger charge is 2.12. The molecule has 2 aromatic rings. The number of aromatic nitrogens is 2. The molecule has 2 N–H and O–H groups in total.